The number of fused-ring (bicyclic) bond motifs is 1. The van der Waals surface area contributed by atoms with Gasteiger partial charge in [0.15, 0.2) is 0 Å². The van der Waals surface area contributed by atoms with Crippen molar-refractivity contribution < 1.29 is 0 Å². The zero-order valence-corrected chi connectivity index (χ0v) is 7.93. The van der Waals surface area contributed by atoms with Crippen molar-refractivity contribution in [2.45, 2.75) is 6.54 Å². The Labute approximate surface area is 78.1 Å². The highest BCUT2D eigenvalue weighted by Crippen LogP contribution is 2.23. The molecule has 4 heteroatoms. The zero-order valence-electron chi connectivity index (χ0n) is 6.34. The molecule has 3 nitrogen and oxygen atoms in total. The number of aromatic nitrogens is 2. The number of nitrogens with one attached hydrogen (secondary N) is 1. The molecule has 0 saturated heterocycles. The number of hydrogen-bond acceptors (Lipinski definition) is 2. The van der Waals surface area contributed by atoms with E-state index in [4.69, 9.17) is 5.73 Å². The molecule has 0 aliphatic carbocycles. The summed E-state index contributed by atoms with van der Waals surface area (Å²) in [5, 5.41) is 7.93. The highest BCUT2D eigenvalue weighted by atomic mass is 79.9. The fourth-order valence-electron chi connectivity index (χ4n) is 1.18. The maximum Gasteiger partial charge on any atom is 0.0664 e. The molecular formula is C8H8BrN3. The smallest absolute Gasteiger partial charge is 0.0664 e. The van der Waals surface area contributed by atoms with Crippen molar-refractivity contribution in [1.82, 2.24) is 10.2 Å². The molecule has 0 saturated carbocycles. The van der Waals surface area contributed by atoms with Crippen molar-refractivity contribution in [3.63, 3.8) is 0 Å². The molecule has 2 rings (SSSR count). The van der Waals surface area contributed by atoms with Crippen LogP contribution in [0.4, 0.5) is 0 Å². The summed E-state index contributed by atoms with van der Waals surface area (Å²) in [6, 6.07) is 4.02. The second-order valence-electron chi connectivity index (χ2n) is 2.61. The number of aromatic amines is 1. The molecule has 0 radical (unpaired) electrons. The number of nitrogens with two attached hydrogens (primary N) is 1. The average molecular weight is 226 g/mol. The molecule has 12 heavy (non-hydrogen) atoms. The third-order valence-corrected chi connectivity index (χ3v) is 2.46. The Balaban J connectivity index is 2.75. The van der Waals surface area contributed by atoms with Gasteiger partial charge in [-0.3, -0.25) is 5.10 Å². The molecule has 62 valence electrons. The summed E-state index contributed by atoms with van der Waals surface area (Å²) in [7, 11) is 0. The van der Waals surface area contributed by atoms with Crippen LogP contribution in [0.25, 0.3) is 10.9 Å². The van der Waals surface area contributed by atoms with Gasteiger partial charge in [0.05, 0.1) is 11.7 Å². The number of rotatable bonds is 1. The van der Waals surface area contributed by atoms with Crippen LogP contribution in [-0.2, 0) is 6.54 Å². The van der Waals surface area contributed by atoms with Crippen LogP contribution in [0.5, 0.6) is 0 Å². The average Bonchev–Trinajstić information content (AvgIpc) is 2.52. The van der Waals surface area contributed by atoms with Crippen molar-refractivity contribution in [1.29, 1.82) is 0 Å². The molecule has 0 unspecified atom stereocenters. The SMILES string of the molecule is NCc1cc(Br)c2cn[nH]c2c1. The largest absolute Gasteiger partial charge is 0.326 e. The lowest BCUT2D eigenvalue weighted by Gasteiger charge is -1.98. The highest BCUT2D eigenvalue weighted by Gasteiger charge is 2.01. The third kappa shape index (κ3) is 1.13. The van der Waals surface area contributed by atoms with Gasteiger partial charge in [0.2, 0.25) is 0 Å². The minimum Gasteiger partial charge on any atom is -0.326 e. The fraction of sp³-hybridized carbons (Fsp3) is 0.125. The van der Waals surface area contributed by atoms with Gasteiger partial charge in [-0.05, 0) is 17.7 Å². The maximum absolute atomic E-state index is 5.52. The Morgan fingerprint density at radius 2 is 2.33 bits per heavy atom. The van der Waals surface area contributed by atoms with E-state index in [0.29, 0.717) is 6.54 Å². The quantitative estimate of drug-likeness (QED) is 0.778. The topological polar surface area (TPSA) is 54.7 Å². The van der Waals surface area contributed by atoms with Gasteiger partial charge in [0.25, 0.3) is 0 Å². The van der Waals surface area contributed by atoms with Crippen LogP contribution >= 0.6 is 15.9 Å². The molecule has 1 aromatic heterocycles. The maximum atomic E-state index is 5.52. The molecule has 3 N–H and O–H groups in total. The number of H-pyrrole nitrogens is 1. The summed E-state index contributed by atoms with van der Waals surface area (Å²) in [4.78, 5) is 0. The Kier molecular flexibility index (Phi) is 1.86. The number of halogens is 1. The van der Waals surface area contributed by atoms with Gasteiger partial charge in [-0.1, -0.05) is 15.9 Å². The van der Waals surface area contributed by atoms with Gasteiger partial charge in [0.1, 0.15) is 0 Å². The van der Waals surface area contributed by atoms with E-state index in [1.54, 1.807) is 6.20 Å². The molecule has 2 aromatic rings. The first-order valence-electron chi connectivity index (χ1n) is 3.63. The molecular weight excluding hydrogens is 218 g/mol. The van der Waals surface area contributed by atoms with E-state index in [1.807, 2.05) is 12.1 Å². The van der Waals surface area contributed by atoms with E-state index in [1.165, 1.54) is 0 Å². The lowest BCUT2D eigenvalue weighted by molar-refractivity contribution is 1.07. The van der Waals surface area contributed by atoms with Gasteiger partial charge < -0.3 is 5.73 Å². The van der Waals surface area contributed by atoms with Crippen molar-refractivity contribution in [2.24, 2.45) is 5.73 Å². The monoisotopic (exact) mass is 225 g/mol. The van der Waals surface area contributed by atoms with Crippen molar-refractivity contribution >= 4 is 26.8 Å². The molecule has 1 aromatic carbocycles. The minimum absolute atomic E-state index is 0.549. The van der Waals surface area contributed by atoms with Gasteiger partial charge in [-0.15, -0.1) is 0 Å². The fourth-order valence-corrected chi connectivity index (χ4v) is 1.79. The standard InChI is InChI=1S/C8H8BrN3/c9-7-1-5(3-10)2-8-6(7)4-11-12-8/h1-2,4H,3,10H2,(H,11,12). The van der Waals surface area contributed by atoms with Gasteiger partial charge in [-0.2, -0.15) is 5.10 Å². The highest BCUT2D eigenvalue weighted by molar-refractivity contribution is 9.10. The van der Waals surface area contributed by atoms with Crippen molar-refractivity contribution in [2.75, 3.05) is 0 Å². The first kappa shape index (κ1) is 7.76. The van der Waals surface area contributed by atoms with Gasteiger partial charge in [0, 0.05) is 16.4 Å². The summed E-state index contributed by atoms with van der Waals surface area (Å²) < 4.78 is 1.04. The van der Waals surface area contributed by atoms with E-state index in [9.17, 15) is 0 Å². The molecule has 0 bridgehead atoms. The summed E-state index contributed by atoms with van der Waals surface area (Å²) in [5.74, 6) is 0. The van der Waals surface area contributed by atoms with Crippen LogP contribution in [0, 0.1) is 0 Å². The summed E-state index contributed by atoms with van der Waals surface area (Å²) in [6.07, 6.45) is 1.79. The second kappa shape index (κ2) is 2.88. The van der Waals surface area contributed by atoms with E-state index in [2.05, 4.69) is 26.1 Å². The molecule has 0 amide bonds. The second-order valence-corrected chi connectivity index (χ2v) is 3.47. The number of nitrogens with zero attached hydrogens (tertiary/aromatic N) is 1. The number of hydrogen-bond donors (Lipinski definition) is 2. The van der Waals surface area contributed by atoms with Gasteiger partial charge >= 0.3 is 0 Å². The minimum atomic E-state index is 0.549. The van der Waals surface area contributed by atoms with Crippen molar-refractivity contribution in [3.05, 3.63) is 28.4 Å². The Morgan fingerprint density at radius 1 is 1.50 bits per heavy atom. The van der Waals surface area contributed by atoms with Crippen LogP contribution in [-0.4, -0.2) is 10.2 Å². The Hall–Kier alpha value is -0.870. The van der Waals surface area contributed by atoms with Crippen LogP contribution in [0.1, 0.15) is 5.56 Å². The zero-order chi connectivity index (χ0) is 8.55. The normalized spacial score (nSPS) is 10.8. The lowest BCUT2D eigenvalue weighted by Crippen LogP contribution is -1.95. The lowest BCUT2D eigenvalue weighted by atomic mass is 10.2. The van der Waals surface area contributed by atoms with E-state index in [-0.39, 0.29) is 0 Å². The molecule has 0 aliphatic rings. The molecule has 0 fully saturated rings. The van der Waals surface area contributed by atoms with Crippen LogP contribution in [0.15, 0.2) is 22.8 Å². The summed E-state index contributed by atoms with van der Waals surface area (Å²) >= 11 is 3.45. The summed E-state index contributed by atoms with van der Waals surface area (Å²) in [6.45, 7) is 0.549. The van der Waals surface area contributed by atoms with E-state index in [0.717, 1.165) is 20.9 Å². The first-order chi connectivity index (χ1) is 5.81. The van der Waals surface area contributed by atoms with Gasteiger partial charge in [-0.25, -0.2) is 0 Å². The van der Waals surface area contributed by atoms with Crippen LogP contribution < -0.4 is 5.73 Å². The third-order valence-electron chi connectivity index (χ3n) is 1.80. The predicted octanol–water partition coefficient (Wildman–Crippen LogP) is 1.78. The number of benzene rings is 1. The van der Waals surface area contributed by atoms with E-state index >= 15 is 0 Å². The molecule has 0 spiro atoms. The Morgan fingerprint density at radius 3 is 3.08 bits per heavy atom. The molecule has 0 atom stereocenters. The Bertz CT molecular complexity index is 408. The van der Waals surface area contributed by atoms with Crippen LogP contribution in [0.2, 0.25) is 0 Å². The van der Waals surface area contributed by atoms with Crippen LogP contribution in [0.3, 0.4) is 0 Å². The summed E-state index contributed by atoms with van der Waals surface area (Å²) in [5.41, 5.74) is 7.64. The predicted molar refractivity (Wildman–Crippen MR) is 51.7 cm³/mol. The van der Waals surface area contributed by atoms with E-state index < -0.39 is 0 Å². The molecule has 0 aliphatic heterocycles. The first-order valence-corrected chi connectivity index (χ1v) is 4.42. The molecule has 1 heterocycles. The van der Waals surface area contributed by atoms with Crippen molar-refractivity contribution in [3.8, 4) is 0 Å².